The molecule has 0 spiro atoms. The summed E-state index contributed by atoms with van der Waals surface area (Å²) in [6.45, 7) is 5.82. The number of anilines is 1. The smallest absolute Gasteiger partial charge is 0.296 e. The van der Waals surface area contributed by atoms with Crippen molar-refractivity contribution in [1.29, 1.82) is 0 Å². The molecule has 0 aliphatic carbocycles. The van der Waals surface area contributed by atoms with E-state index >= 15 is 0 Å². The van der Waals surface area contributed by atoms with Crippen molar-refractivity contribution in [2.75, 3.05) is 18.6 Å². The number of aromatic nitrogens is 3. The molecule has 2 aromatic carbocycles. The minimum absolute atomic E-state index is 0.0569. The van der Waals surface area contributed by atoms with E-state index in [4.69, 9.17) is 21.1 Å². The van der Waals surface area contributed by atoms with Crippen molar-refractivity contribution in [3.05, 3.63) is 85.5 Å². The number of aryl methyl sites for hydroxylation is 2. The van der Waals surface area contributed by atoms with E-state index in [2.05, 4.69) is 15.2 Å². The first-order valence-corrected chi connectivity index (χ1v) is 15.5. The number of ether oxygens (including phenoxy) is 2. The first-order valence-electron chi connectivity index (χ1n) is 12.5. The average Bonchev–Trinajstić information content (AvgIpc) is 3.64. The van der Waals surface area contributed by atoms with Crippen LogP contribution in [0, 0.1) is 13.8 Å². The molecule has 0 saturated heterocycles. The third-order valence-electron chi connectivity index (χ3n) is 6.24. The van der Waals surface area contributed by atoms with E-state index in [1.807, 2.05) is 31.2 Å². The molecule has 41 heavy (non-hydrogen) atoms. The summed E-state index contributed by atoms with van der Waals surface area (Å²) in [6, 6.07) is 11.7. The fraction of sp³-hybridized carbons (Fsp3) is 0.250. The fourth-order valence-corrected chi connectivity index (χ4v) is 7.25. The van der Waals surface area contributed by atoms with E-state index < -0.39 is 23.5 Å². The van der Waals surface area contributed by atoms with Gasteiger partial charge in [0.05, 0.1) is 40.9 Å². The Bertz CT molecular complexity index is 1650. The first-order chi connectivity index (χ1) is 19.7. The number of carbonyl (C=O) groups excluding carboxylic acids is 2. The van der Waals surface area contributed by atoms with Crippen LogP contribution in [0.25, 0.3) is 0 Å². The number of halogens is 1. The second kappa shape index (κ2) is 12.2. The van der Waals surface area contributed by atoms with Crippen LogP contribution in [-0.4, -0.2) is 45.7 Å². The van der Waals surface area contributed by atoms with Crippen molar-refractivity contribution in [3.8, 4) is 11.5 Å². The molecule has 1 unspecified atom stereocenters. The van der Waals surface area contributed by atoms with Gasteiger partial charge < -0.3 is 14.6 Å². The number of thioether (sulfide) groups is 1. The monoisotopic (exact) mass is 628 g/mol. The number of hydrogen-bond donors (Lipinski definition) is 1. The van der Waals surface area contributed by atoms with Crippen LogP contribution in [-0.2, 0) is 10.5 Å². The zero-order valence-corrected chi connectivity index (χ0v) is 25.7. The van der Waals surface area contributed by atoms with E-state index in [-0.39, 0.29) is 10.7 Å². The topological polar surface area (TPSA) is 115 Å². The summed E-state index contributed by atoms with van der Waals surface area (Å²) in [5.41, 5.74) is 2.06. The normalized spacial score (nSPS) is 15.1. The molecule has 0 fully saturated rings. The number of ketones is 1. The van der Waals surface area contributed by atoms with Crippen LogP contribution >= 0.6 is 46.0 Å². The Kier molecular flexibility index (Phi) is 8.64. The van der Waals surface area contributed by atoms with Crippen molar-refractivity contribution < 1.29 is 24.2 Å². The number of amides is 1. The summed E-state index contributed by atoms with van der Waals surface area (Å²) in [5.74, 6) is -0.283. The maximum absolute atomic E-state index is 13.9. The highest BCUT2D eigenvalue weighted by molar-refractivity contribution is 8.00. The molecule has 5 rings (SSSR count). The van der Waals surface area contributed by atoms with Gasteiger partial charge >= 0.3 is 0 Å². The molecule has 13 heteroatoms. The van der Waals surface area contributed by atoms with Crippen LogP contribution in [0.2, 0.25) is 5.02 Å². The minimum atomic E-state index is -0.983. The number of nitrogens with zero attached hydrogens (tertiary/aromatic N) is 4. The SMILES string of the molecule is CCOc1ccc(C2C(C(=O)c3sc(C)nc3C)=C(O)C(=O)N2c2nnc(SCc3ccc(Cl)cc3)s2)cc1OC. The number of aliphatic hydroxyl groups is 1. The van der Waals surface area contributed by atoms with Gasteiger partial charge in [0.15, 0.2) is 21.6 Å². The Hall–Kier alpha value is -3.45. The quantitative estimate of drug-likeness (QED) is 0.116. The van der Waals surface area contributed by atoms with Gasteiger partial charge in [-0.15, -0.1) is 21.5 Å². The average molecular weight is 629 g/mol. The third kappa shape index (κ3) is 5.82. The summed E-state index contributed by atoms with van der Waals surface area (Å²) in [4.78, 5) is 33.5. The van der Waals surface area contributed by atoms with Crippen LogP contribution in [0.5, 0.6) is 11.5 Å². The molecular formula is C28H25ClN4O5S3. The summed E-state index contributed by atoms with van der Waals surface area (Å²) in [5, 5.41) is 21.3. The van der Waals surface area contributed by atoms with Crippen molar-refractivity contribution >= 4 is 62.9 Å². The molecule has 212 valence electrons. The van der Waals surface area contributed by atoms with Crippen molar-refractivity contribution in [2.45, 2.75) is 36.9 Å². The van der Waals surface area contributed by atoms with Gasteiger partial charge in [-0.05, 0) is 56.2 Å². The third-order valence-corrected chi connectivity index (χ3v) is 9.69. The number of aliphatic hydroxyl groups excluding tert-OH is 1. The molecule has 0 bridgehead atoms. The van der Waals surface area contributed by atoms with Gasteiger partial charge in [0.2, 0.25) is 10.9 Å². The Morgan fingerprint density at radius 3 is 2.54 bits per heavy atom. The van der Waals surface area contributed by atoms with Crippen molar-refractivity contribution in [1.82, 2.24) is 15.2 Å². The predicted molar refractivity (Wildman–Crippen MR) is 161 cm³/mol. The van der Waals surface area contributed by atoms with E-state index in [1.165, 1.54) is 46.4 Å². The van der Waals surface area contributed by atoms with Crippen LogP contribution in [0.4, 0.5) is 5.13 Å². The summed E-state index contributed by atoms with van der Waals surface area (Å²) < 4.78 is 11.8. The van der Waals surface area contributed by atoms with Gasteiger partial charge in [-0.3, -0.25) is 14.5 Å². The number of thiazole rings is 1. The zero-order valence-electron chi connectivity index (χ0n) is 22.5. The molecule has 4 aromatic rings. The summed E-state index contributed by atoms with van der Waals surface area (Å²) in [7, 11) is 1.51. The number of benzene rings is 2. The van der Waals surface area contributed by atoms with Gasteiger partial charge in [0.25, 0.3) is 5.91 Å². The van der Waals surface area contributed by atoms with Gasteiger partial charge in [0.1, 0.15) is 0 Å². The molecule has 0 radical (unpaired) electrons. The lowest BCUT2D eigenvalue weighted by Gasteiger charge is -2.24. The van der Waals surface area contributed by atoms with E-state index in [9.17, 15) is 14.7 Å². The highest BCUT2D eigenvalue weighted by Crippen LogP contribution is 2.46. The van der Waals surface area contributed by atoms with Gasteiger partial charge in [-0.2, -0.15) is 0 Å². The van der Waals surface area contributed by atoms with E-state index in [0.717, 1.165) is 5.56 Å². The lowest BCUT2D eigenvalue weighted by atomic mass is 9.95. The highest BCUT2D eigenvalue weighted by Gasteiger charge is 2.47. The largest absolute Gasteiger partial charge is 0.503 e. The van der Waals surface area contributed by atoms with Gasteiger partial charge in [-0.1, -0.05) is 52.9 Å². The molecule has 9 nitrogen and oxygen atoms in total. The first kappa shape index (κ1) is 29.1. The van der Waals surface area contributed by atoms with Crippen molar-refractivity contribution in [2.24, 2.45) is 0 Å². The second-order valence-corrected chi connectivity index (χ2v) is 12.7. The summed E-state index contributed by atoms with van der Waals surface area (Å²) in [6.07, 6.45) is 0. The van der Waals surface area contributed by atoms with Crippen LogP contribution < -0.4 is 14.4 Å². The molecule has 1 aliphatic heterocycles. The van der Waals surface area contributed by atoms with E-state index in [1.54, 1.807) is 32.0 Å². The Morgan fingerprint density at radius 2 is 1.88 bits per heavy atom. The molecule has 1 amide bonds. The zero-order chi connectivity index (χ0) is 29.3. The van der Waals surface area contributed by atoms with Crippen LogP contribution in [0.1, 0.15) is 44.5 Å². The molecule has 1 atom stereocenters. The molecule has 2 aromatic heterocycles. The number of Topliss-reactive ketones (excluding diaryl/α,β-unsaturated/α-hetero) is 1. The maximum atomic E-state index is 13.9. The number of methoxy groups -OCH3 is 1. The fourth-order valence-electron chi connectivity index (χ4n) is 4.43. The Labute approximate surface area is 253 Å². The number of carbonyl (C=O) groups is 2. The van der Waals surface area contributed by atoms with E-state index in [0.29, 0.717) is 54.4 Å². The number of rotatable bonds is 10. The Morgan fingerprint density at radius 1 is 1.12 bits per heavy atom. The molecule has 1 aliphatic rings. The van der Waals surface area contributed by atoms with Gasteiger partial charge in [0, 0.05) is 10.8 Å². The molecule has 3 heterocycles. The maximum Gasteiger partial charge on any atom is 0.296 e. The molecule has 1 N–H and O–H groups in total. The molecular weight excluding hydrogens is 604 g/mol. The highest BCUT2D eigenvalue weighted by atomic mass is 35.5. The molecule has 0 saturated carbocycles. The summed E-state index contributed by atoms with van der Waals surface area (Å²) >= 11 is 9.86. The lowest BCUT2D eigenvalue weighted by Crippen LogP contribution is -2.31. The number of hydrogen-bond acceptors (Lipinski definition) is 11. The second-order valence-electron chi connectivity index (χ2n) is 8.93. The Balaban J connectivity index is 1.54. The standard InChI is InChI=1S/C28H25ClN4O5S3/c1-5-38-19-11-8-17(12-20(19)37-4)22-21(23(34)25-14(2)30-15(3)40-25)24(35)26(36)33(22)27-31-32-28(41-27)39-13-16-6-9-18(29)10-7-16/h6-12,22,35H,5,13H2,1-4H3. The van der Waals surface area contributed by atoms with Gasteiger partial charge in [-0.25, -0.2) is 4.98 Å². The van der Waals surface area contributed by atoms with Crippen LogP contribution in [0.15, 0.2) is 58.1 Å². The minimum Gasteiger partial charge on any atom is -0.503 e. The van der Waals surface area contributed by atoms with Crippen molar-refractivity contribution in [3.63, 3.8) is 0 Å². The van der Waals surface area contributed by atoms with Crippen LogP contribution in [0.3, 0.4) is 0 Å². The lowest BCUT2D eigenvalue weighted by molar-refractivity contribution is -0.117. The predicted octanol–water partition coefficient (Wildman–Crippen LogP) is 6.75.